The van der Waals surface area contributed by atoms with E-state index in [4.69, 9.17) is 14.2 Å². The maximum Gasteiger partial charge on any atom is 0.123 e. The van der Waals surface area contributed by atoms with E-state index in [0.717, 1.165) is 30.9 Å². The van der Waals surface area contributed by atoms with Gasteiger partial charge in [0.25, 0.3) is 0 Å². The standard InChI is InChI=1S/C17H27NO3/c1-3-18-16(15-9-4-5-10-17(15)19-2)13-20-12-14-8-6-7-11-21-14/h4-5,9-10,14,16,18H,3,6-8,11-13H2,1-2H3. The summed E-state index contributed by atoms with van der Waals surface area (Å²) in [5.74, 6) is 0.904. The van der Waals surface area contributed by atoms with E-state index in [1.807, 2.05) is 18.2 Å². The molecular formula is C17H27NO3. The fourth-order valence-electron chi connectivity index (χ4n) is 2.72. The molecule has 2 atom stereocenters. The van der Waals surface area contributed by atoms with Crippen molar-refractivity contribution in [1.29, 1.82) is 0 Å². The Morgan fingerprint density at radius 3 is 2.90 bits per heavy atom. The molecule has 21 heavy (non-hydrogen) atoms. The predicted octanol–water partition coefficient (Wildman–Crippen LogP) is 2.93. The first-order valence-electron chi connectivity index (χ1n) is 7.90. The van der Waals surface area contributed by atoms with Crippen LogP contribution in [0.3, 0.4) is 0 Å². The molecule has 4 nitrogen and oxygen atoms in total. The molecule has 1 heterocycles. The van der Waals surface area contributed by atoms with Gasteiger partial charge in [-0.05, 0) is 31.9 Å². The SMILES string of the molecule is CCNC(COCC1CCCCO1)c1ccccc1OC. The smallest absolute Gasteiger partial charge is 0.123 e. The number of hydrogen-bond acceptors (Lipinski definition) is 4. The number of rotatable bonds is 8. The summed E-state index contributed by atoms with van der Waals surface area (Å²) >= 11 is 0. The molecule has 0 radical (unpaired) electrons. The second-order valence-corrected chi connectivity index (χ2v) is 5.38. The quantitative estimate of drug-likeness (QED) is 0.800. The van der Waals surface area contributed by atoms with Crippen molar-refractivity contribution in [2.45, 2.75) is 38.3 Å². The van der Waals surface area contributed by atoms with Gasteiger partial charge in [-0.15, -0.1) is 0 Å². The number of likely N-dealkylation sites (N-methyl/N-ethyl adjacent to an activating group) is 1. The molecule has 1 fully saturated rings. The van der Waals surface area contributed by atoms with Gasteiger partial charge in [-0.2, -0.15) is 0 Å². The maximum atomic E-state index is 5.90. The summed E-state index contributed by atoms with van der Waals surface area (Å²) in [6, 6.07) is 8.25. The van der Waals surface area contributed by atoms with E-state index in [-0.39, 0.29) is 12.1 Å². The van der Waals surface area contributed by atoms with Gasteiger partial charge in [-0.3, -0.25) is 0 Å². The van der Waals surface area contributed by atoms with Crippen LogP contribution in [0.5, 0.6) is 5.75 Å². The van der Waals surface area contributed by atoms with Gasteiger partial charge in [-0.25, -0.2) is 0 Å². The molecule has 1 aliphatic heterocycles. The largest absolute Gasteiger partial charge is 0.496 e. The van der Waals surface area contributed by atoms with Crippen molar-refractivity contribution in [3.05, 3.63) is 29.8 Å². The molecule has 0 aliphatic carbocycles. The summed E-state index contributed by atoms with van der Waals surface area (Å²) in [6.07, 6.45) is 3.80. The van der Waals surface area contributed by atoms with Crippen LogP contribution in [0.2, 0.25) is 0 Å². The van der Waals surface area contributed by atoms with Gasteiger partial charge < -0.3 is 19.5 Å². The molecule has 2 unspecified atom stereocenters. The molecule has 0 saturated carbocycles. The first-order chi connectivity index (χ1) is 10.3. The number of hydrogen-bond donors (Lipinski definition) is 1. The fourth-order valence-corrected chi connectivity index (χ4v) is 2.72. The third kappa shape index (κ3) is 4.99. The lowest BCUT2D eigenvalue weighted by molar-refractivity contribution is -0.0442. The highest BCUT2D eigenvalue weighted by Gasteiger charge is 2.18. The molecular weight excluding hydrogens is 266 g/mol. The summed E-state index contributed by atoms with van der Waals surface area (Å²) in [4.78, 5) is 0. The van der Waals surface area contributed by atoms with E-state index < -0.39 is 0 Å². The molecule has 2 rings (SSSR count). The molecule has 1 N–H and O–H groups in total. The van der Waals surface area contributed by atoms with Crippen molar-refractivity contribution in [3.8, 4) is 5.75 Å². The molecule has 0 amide bonds. The molecule has 1 saturated heterocycles. The van der Waals surface area contributed by atoms with E-state index in [2.05, 4.69) is 18.3 Å². The normalized spacial score (nSPS) is 20.2. The molecule has 118 valence electrons. The van der Waals surface area contributed by atoms with Crippen LogP contribution in [0.1, 0.15) is 37.8 Å². The van der Waals surface area contributed by atoms with Crippen LogP contribution >= 0.6 is 0 Å². The Labute approximate surface area is 127 Å². The average molecular weight is 293 g/mol. The van der Waals surface area contributed by atoms with E-state index in [0.29, 0.717) is 13.2 Å². The second-order valence-electron chi connectivity index (χ2n) is 5.38. The number of benzene rings is 1. The summed E-state index contributed by atoms with van der Waals surface area (Å²) < 4.78 is 17.0. The van der Waals surface area contributed by atoms with Gasteiger partial charge in [0.05, 0.1) is 32.5 Å². The molecule has 1 aliphatic rings. The topological polar surface area (TPSA) is 39.7 Å². The zero-order valence-corrected chi connectivity index (χ0v) is 13.1. The van der Waals surface area contributed by atoms with Crippen molar-refractivity contribution in [3.63, 3.8) is 0 Å². The van der Waals surface area contributed by atoms with Crippen LogP contribution in [-0.2, 0) is 9.47 Å². The second kappa shape index (κ2) is 9.03. The minimum Gasteiger partial charge on any atom is -0.496 e. The Kier molecular flexibility index (Phi) is 7.00. The maximum absolute atomic E-state index is 5.90. The number of methoxy groups -OCH3 is 1. The summed E-state index contributed by atoms with van der Waals surface area (Å²) in [6.45, 7) is 5.18. The van der Waals surface area contributed by atoms with Crippen LogP contribution in [0.15, 0.2) is 24.3 Å². The van der Waals surface area contributed by atoms with Crippen LogP contribution in [0, 0.1) is 0 Å². The van der Waals surface area contributed by atoms with Crippen molar-refractivity contribution >= 4 is 0 Å². The van der Waals surface area contributed by atoms with Gasteiger partial charge in [0.2, 0.25) is 0 Å². The Bertz CT molecular complexity index is 405. The molecule has 0 aromatic heterocycles. The summed E-state index contributed by atoms with van der Waals surface area (Å²) in [5.41, 5.74) is 1.14. The first-order valence-corrected chi connectivity index (χ1v) is 7.90. The van der Waals surface area contributed by atoms with E-state index in [1.165, 1.54) is 12.8 Å². The minimum atomic E-state index is 0.148. The van der Waals surface area contributed by atoms with Crippen LogP contribution in [-0.4, -0.2) is 39.6 Å². The summed E-state index contributed by atoms with van der Waals surface area (Å²) in [7, 11) is 1.71. The van der Waals surface area contributed by atoms with Crippen molar-refractivity contribution in [2.75, 3.05) is 33.5 Å². The molecule has 1 aromatic carbocycles. The number of nitrogens with one attached hydrogen (secondary N) is 1. The third-order valence-electron chi connectivity index (χ3n) is 3.83. The molecule has 0 spiro atoms. The van der Waals surface area contributed by atoms with Gasteiger partial charge in [-0.1, -0.05) is 25.1 Å². The lowest BCUT2D eigenvalue weighted by atomic mass is 10.1. The van der Waals surface area contributed by atoms with E-state index in [1.54, 1.807) is 7.11 Å². The van der Waals surface area contributed by atoms with Gasteiger partial charge in [0.1, 0.15) is 5.75 Å². The highest BCUT2D eigenvalue weighted by atomic mass is 16.5. The van der Waals surface area contributed by atoms with E-state index >= 15 is 0 Å². The van der Waals surface area contributed by atoms with Gasteiger partial charge in [0.15, 0.2) is 0 Å². The molecule has 1 aromatic rings. The highest BCUT2D eigenvalue weighted by Crippen LogP contribution is 2.25. The Morgan fingerprint density at radius 2 is 2.19 bits per heavy atom. The lowest BCUT2D eigenvalue weighted by Gasteiger charge is -2.25. The Hall–Kier alpha value is -1.10. The fraction of sp³-hybridized carbons (Fsp3) is 0.647. The minimum absolute atomic E-state index is 0.148. The van der Waals surface area contributed by atoms with Crippen molar-refractivity contribution < 1.29 is 14.2 Å². The zero-order valence-electron chi connectivity index (χ0n) is 13.1. The number of ether oxygens (including phenoxy) is 3. The lowest BCUT2D eigenvalue weighted by Crippen LogP contribution is -2.29. The zero-order chi connectivity index (χ0) is 14.9. The van der Waals surface area contributed by atoms with Crippen LogP contribution < -0.4 is 10.1 Å². The average Bonchev–Trinajstić information content (AvgIpc) is 2.55. The highest BCUT2D eigenvalue weighted by molar-refractivity contribution is 5.35. The van der Waals surface area contributed by atoms with Crippen molar-refractivity contribution in [2.24, 2.45) is 0 Å². The predicted molar refractivity (Wildman–Crippen MR) is 83.8 cm³/mol. The third-order valence-corrected chi connectivity index (χ3v) is 3.83. The summed E-state index contributed by atoms with van der Waals surface area (Å²) in [5, 5.41) is 3.47. The molecule has 0 bridgehead atoms. The monoisotopic (exact) mass is 293 g/mol. The van der Waals surface area contributed by atoms with Crippen molar-refractivity contribution in [1.82, 2.24) is 5.32 Å². The Balaban J connectivity index is 1.89. The Morgan fingerprint density at radius 1 is 1.33 bits per heavy atom. The van der Waals surface area contributed by atoms with Crippen LogP contribution in [0.25, 0.3) is 0 Å². The first kappa shape index (κ1) is 16.3. The van der Waals surface area contributed by atoms with Crippen LogP contribution in [0.4, 0.5) is 0 Å². The molecule has 4 heteroatoms. The number of para-hydroxylation sites is 1. The van der Waals surface area contributed by atoms with Gasteiger partial charge in [0, 0.05) is 12.2 Å². The van der Waals surface area contributed by atoms with E-state index in [9.17, 15) is 0 Å². The van der Waals surface area contributed by atoms with Gasteiger partial charge >= 0.3 is 0 Å².